The van der Waals surface area contributed by atoms with Gasteiger partial charge in [0.2, 0.25) is 0 Å². The minimum Gasteiger partial charge on any atom is -0.374 e. The van der Waals surface area contributed by atoms with Gasteiger partial charge in [-0.3, -0.25) is 0 Å². The van der Waals surface area contributed by atoms with Gasteiger partial charge in [-0.25, -0.2) is 0 Å². The van der Waals surface area contributed by atoms with E-state index in [0.717, 1.165) is 25.4 Å². The van der Waals surface area contributed by atoms with Crippen LogP contribution in [0.15, 0.2) is 0 Å². The Morgan fingerprint density at radius 3 is 2.38 bits per heavy atom. The Morgan fingerprint density at radius 1 is 1.25 bits per heavy atom. The largest absolute Gasteiger partial charge is 0.374 e. The number of rotatable bonds is 6. The molecule has 0 bridgehead atoms. The molecule has 0 aromatic rings. The van der Waals surface area contributed by atoms with Crippen molar-refractivity contribution in [3.8, 4) is 0 Å². The Morgan fingerprint density at radius 2 is 1.88 bits per heavy atom. The lowest BCUT2D eigenvalue weighted by molar-refractivity contribution is -0.0518. The number of hydrogen-bond acceptors (Lipinski definition) is 2. The normalized spacial score (nSPS) is 24.0. The van der Waals surface area contributed by atoms with E-state index >= 15 is 0 Å². The van der Waals surface area contributed by atoms with Crippen molar-refractivity contribution in [1.82, 2.24) is 0 Å². The van der Waals surface area contributed by atoms with Crippen LogP contribution in [0.4, 0.5) is 0 Å². The van der Waals surface area contributed by atoms with Gasteiger partial charge >= 0.3 is 0 Å². The van der Waals surface area contributed by atoms with Crippen LogP contribution < -0.4 is 5.73 Å². The molecule has 1 aliphatic rings. The molecular weight excluding hydrogens is 198 g/mol. The quantitative estimate of drug-likeness (QED) is 0.754. The summed E-state index contributed by atoms with van der Waals surface area (Å²) in [7, 11) is 0. The third-order valence-electron chi connectivity index (χ3n) is 4.27. The second kappa shape index (κ2) is 6.61. The van der Waals surface area contributed by atoms with E-state index in [4.69, 9.17) is 10.5 Å². The maximum atomic E-state index is 6.35. The zero-order valence-electron chi connectivity index (χ0n) is 11.3. The molecule has 0 amide bonds. The Balaban J connectivity index is 2.44. The van der Waals surface area contributed by atoms with Gasteiger partial charge < -0.3 is 10.5 Å². The molecule has 2 nitrogen and oxygen atoms in total. The second-order valence-electron chi connectivity index (χ2n) is 5.45. The summed E-state index contributed by atoms with van der Waals surface area (Å²) in [5, 5.41) is 0. The molecule has 1 aliphatic carbocycles. The van der Waals surface area contributed by atoms with Gasteiger partial charge in [-0.1, -0.05) is 39.0 Å². The van der Waals surface area contributed by atoms with Crippen LogP contribution in [0.3, 0.4) is 0 Å². The monoisotopic (exact) mass is 227 g/mol. The summed E-state index contributed by atoms with van der Waals surface area (Å²) in [5.74, 6) is 0.843. The number of hydrogen-bond donors (Lipinski definition) is 1. The molecule has 2 N–H and O–H groups in total. The molecule has 1 fully saturated rings. The maximum Gasteiger partial charge on any atom is 0.0801 e. The molecule has 96 valence electrons. The van der Waals surface area contributed by atoms with Crippen molar-refractivity contribution < 1.29 is 4.74 Å². The van der Waals surface area contributed by atoms with Gasteiger partial charge in [-0.05, 0) is 32.6 Å². The van der Waals surface area contributed by atoms with Crippen LogP contribution in [0, 0.1) is 5.92 Å². The first kappa shape index (κ1) is 14.0. The summed E-state index contributed by atoms with van der Waals surface area (Å²) in [6.45, 7) is 7.17. The molecule has 0 saturated heterocycles. The van der Waals surface area contributed by atoms with Crippen LogP contribution in [0.2, 0.25) is 0 Å². The SMILES string of the molecule is CCOC(C)(CC)C(N)CC1CCCCC1. The average molecular weight is 227 g/mol. The molecule has 0 radical (unpaired) electrons. The highest BCUT2D eigenvalue weighted by Crippen LogP contribution is 2.31. The van der Waals surface area contributed by atoms with Crippen molar-refractivity contribution in [3.63, 3.8) is 0 Å². The van der Waals surface area contributed by atoms with Gasteiger partial charge in [0.1, 0.15) is 0 Å². The van der Waals surface area contributed by atoms with Crippen molar-refractivity contribution in [1.29, 1.82) is 0 Å². The van der Waals surface area contributed by atoms with Crippen molar-refractivity contribution in [3.05, 3.63) is 0 Å². The van der Waals surface area contributed by atoms with E-state index in [1.54, 1.807) is 0 Å². The van der Waals surface area contributed by atoms with Gasteiger partial charge in [0.25, 0.3) is 0 Å². The fourth-order valence-corrected chi connectivity index (χ4v) is 2.83. The highest BCUT2D eigenvalue weighted by atomic mass is 16.5. The smallest absolute Gasteiger partial charge is 0.0801 e. The molecule has 0 aliphatic heterocycles. The Bertz CT molecular complexity index is 189. The first-order valence-electron chi connectivity index (χ1n) is 7.02. The van der Waals surface area contributed by atoms with Crippen molar-refractivity contribution in [2.45, 2.75) is 77.4 Å². The minimum absolute atomic E-state index is 0.119. The van der Waals surface area contributed by atoms with Crippen LogP contribution in [-0.4, -0.2) is 18.2 Å². The minimum atomic E-state index is -0.119. The van der Waals surface area contributed by atoms with E-state index in [9.17, 15) is 0 Å². The van der Waals surface area contributed by atoms with Gasteiger partial charge in [0.05, 0.1) is 5.60 Å². The third-order valence-corrected chi connectivity index (χ3v) is 4.27. The van der Waals surface area contributed by atoms with E-state index in [1.807, 2.05) is 0 Å². The van der Waals surface area contributed by atoms with Gasteiger partial charge in [0.15, 0.2) is 0 Å². The molecule has 0 spiro atoms. The standard InChI is InChI=1S/C14H29NO/c1-4-14(3,16-5-2)13(15)11-12-9-7-6-8-10-12/h12-13H,4-11,15H2,1-3H3. The predicted octanol–water partition coefficient (Wildman–Crippen LogP) is 3.49. The molecule has 2 unspecified atom stereocenters. The van der Waals surface area contributed by atoms with Crippen LogP contribution in [0.25, 0.3) is 0 Å². The zero-order chi connectivity index (χ0) is 12.0. The Kier molecular flexibility index (Phi) is 5.77. The summed E-state index contributed by atoms with van der Waals surface area (Å²) in [5.41, 5.74) is 6.24. The van der Waals surface area contributed by atoms with E-state index in [1.165, 1.54) is 32.1 Å². The second-order valence-corrected chi connectivity index (χ2v) is 5.45. The summed E-state index contributed by atoms with van der Waals surface area (Å²) < 4.78 is 5.86. The summed E-state index contributed by atoms with van der Waals surface area (Å²) in [4.78, 5) is 0. The summed E-state index contributed by atoms with van der Waals surface area (Å²) in [6.07, 6.45) is 9.12. The van der Waals surface area contributed by atoms with E-state index in [0.29, 0.717) is 0 Å². The molecule has 1 saturated carbocycles. The highest BCUT2D eigenvalue weighted by Gasteiger charge is 2.32. The highest BCUT2D eigenvalue weighted by molar-refractivity contribution is 4.88. The lowest BCUT2D eigenvalue weighted by Gasteiger charge is -2.37. The molecule has 2 heteroatoms. The van der Waals surface area contributed by atoms with Crippen molar-refractivity contribution in [2.24, 2.45) is 11.7 Å². The molecule has 16 heavy (non-hydrogen) atoms. The number of ether oxygens (including phenoxy) is 1. The topological polar surface area (TPSA) is 35.2 Å². The Hall–Kier alpha value is -0.0800. The van der Waals surface area contributed by atoms with Crippen molar-refractivity contribution in [2.75, 3.05) is 6.61 Å². The first-order chi connectivity index (χ1) is 7.62. The fraction of sp³-hybridized carbons (Fsp3) is 1.00. The van der Waals surface area contributed by atoms with Gasteiger partial charge in [0, 0.05) is 12.6 Å². The van der Waals surface area contributed by atoms with Crippen LogP contribution in [0.1, 0.15) is 65.7 Å². The lowest BCUT2D eigenvalue weighted by Crippen LogP contribution is -2.48. The molecular formula is C14H29NO. The first-order valence-corrected chi connectivity index (χ1v) is 7.02. The number of nitrogens with two attached hydrogens (primary N) is 1. The van der Waals surface area contributed by atoms with Crippen LogP contribution in [0.5, 0.6) is 0 Å². The van der Waals surface area contributed by atoms with Crippen LogP contribution in [-0.2, 0) is 4.74 Å². The molecule has 2 atom stereocenters. The maximum absolute atomic E-state index is 6.35. The molecule has 0 aromatic carbocycles. The lowest BCUT2D eigenvalue weighted by atomic mass is 9.80. The zero-order valence-corrected chi connectivity index (χ0v) is 11.3. The van der Waals surface area contributed by atoms with E-state index < -0.39 is 0 Å². The van der Waals surface area contributed by atoms with E-state index in [-0.39, 0.29) is 11.6 Å². The van der Waals surface area contributed by atoms with Gasteiger partial charge in [-0.15, -0.1) is 0 Å². The summed E-state index contributed by atoms with van der Waals surface area (Å²) in [6, 6.07) is 0.195. The van der Waals surface area contributed by atoms with Crippen LogP contribution >= 0.6 is 0 Å². The third kappa shape index (κ3) is 3.74. The Labute approximate surface area is 101 Å². The molecule has 0 aromatic heterocycles. The fourth-order valence-electron chi connectivity index (χ4n) is 2.83. The molecule has 1 rings (SSSR count). The average Bonchev–Trinajstić information content (AvgIpc) is 2.30. The van der Waals surface area contributed by atoms with E-state index in [2.05, 4.69) is 20.8 Å². The van der Waals surface area contributed by atoms with Gasteiger partial charge in [-0.2, -0.15) is 0 Å². The summed E-state index contributed by atoms with van der Waals surface area (Å²) >= 11 is 0. The van der Waals surface area contributed by atoms with Crippen molar-refractivity contribution >= 4 is 0 Å². The predicted molar refractivity (Wildman–Crippen MR) is 69.5 cm³/mol. The molecule has 0 heterocycles.